The Kier molecular flexibility index (Phi) is 3.61. The van der Waals surface area contributed by atoms with Gasteiger partial charge >= 0.3 is 0 Å². The summed E-state index contributed by atoms with van der Waals surface area (Å²) >= 11 is 0. The third-order valence-electron chi connectivity index (χ3n) is 2.30. The molecule has 14 heavy (non-hydrogen) atoms. The minimum absolute atomic E-state index is 0. The zero-order valence-corrected chi connectivity index (χ0v) is 8.84. The summed E-state index contributed by atoms with van der Waals surface area (Å²) in [5, 5.41) is 0. The summed E-state index contributed by atoms with van der Waals surface area (Å²) in [5.41, 5.74) is 6.98. The van der Waals surface area contributed by atoms with Crippen LogP contribution in [0.2, 0.25) is 0 Å². The van der Waals surface area contributed by atoms with Crippen molar-refractivity contribution in [1.82, 2.24) is 0 Å². The first-order valence-electron chi connectivity index (χ1n) is 4.37. The second-order valence-electron chi connectivity index (χ2n) is 3.15. The zero-order valence-electron chi connectivity index (χ0n) is 8.03. The lowest BCUT2D eigenvalue weighted by molar-refractivity contribution is 0.268. The molecule has 3 nitrogen and oxygen atoms in total. The van der Waals surface area contributed by atoms with Crippen molar-refractivity contribution in [2.75, 3.05) is 13.7 Å². The predicted molar refractivity (Wildman–Crippen MR) is 57.3 cm³/mol. The number of fused-ring (bicyclic) bond motifs is 1. The van der Waals surface area contributed by atoms with Crippen LogP contribution in [0.5, 0.6) is 11.5 Å². The van der Waals surface area contributed by atoms with E-state index in [0.717, 1.165) is 23.5 Å². The van der Waals surface area contributed by atoms with Crippen molar-refractivity contribution in [1.29, 1.82) is 0 Å². The SMILES string of the molecule is COc1ccc2c(c1)[C@H](N)CCO2.Cl. The van der Waals surface area contributed by atoms with Gasteiger partial charge in [0.15, 0.2) is 0 Å². The summed E-state index contributed by atoms with van der Waals surface area (Å²) in [7, 11) is 1.65. The number of nitrogens with two attached hydrogens (primary N) is 1. The summed E-state index contributed by atoms with van der Waals surface area (Å²) in [6.07, 6.45) is 0.875. The van der Waals surface area contributed by atoms with Gasteiger partial charge in [-0.15, -0.1) is 12.4 Å². The quantitative estimate of drug-likeness (QED) is 0.778. The number of ether oxygens (including phenoxy) is 2. The summed E-state index contributed by atoms with van der Waals surface area (Å²) in [6, 6.07) is 5.82. The van der Waals surface area contributed by atoms with E-state index in [0.29, 0.717) is 6.61 Å². The highest BCUT2D eigenvalue weighted by molar-refractivity contribution is 5.85. The van der Waals surface area contributed by atoms with E-state index in [1.165, 1.54) is 0 Å². The standard InChI is InChI=1S/C10H13NO2.ClH/c1-12-7-2-3-10-8(6-7)9(11)4-5-13-10;/h2-3,6,9H,4-5,11H2,1H3;1H/t9-;/m1./s1. The van der Waals surface area contributed by atoms with Gasteiger partial charge in [0.2, 0.25) is 0 Å². The first-order valence-corrected chi connectivity index (χ1v) is 4.37. The van der Waals surface area contributed by atoms with Crippen LogP contribution in [-0.4, -0.2) is 13.7 Å². The smallest absolute Gasteiger partial charge is 0.124 e. The maximum Gasteiger partial charge on any atom is 0.124 e. The second-order valence-corrected chi connectivity index (χ2v) is 3.15. The number of hydrogen-bond donors (Lipinski definition) is 1. The monoisotopic (exact) mass is 215 g/mol. The first kappa shape index (κ1) is 11.1. The second kappa shape index (κ2) is 4.53. The molecular weight excluding hydrogens is 202 g/mol. The van der Waals surface area contributed by atoms with E-state index in [1.807, 2.05) is 18.2 Å². The molecule has 1 atom stereocenters. The van der Waals surface area contributed by atoms with Gasteiger partial charge in [0, 0.05) is 18.0 Å². The van der Waals surface area contributed by atoms with Crippen LogP contribution in [0.3, 0.4) is 0 Å². The van der Waals surface area contributed by atoms with Gasteiger partial charge < -0.3 is 15.2 Å². The van der Waals surface area contributed by atoms with Crippen molar-refractivity contribution in [2.24, 2.45) is 5.73 Å². The summed E-state index contributed by atoms with van der Waals surface area (Å²) in [6.45, 7) is 0.709. The van der Waals surface area contributed by atoms with Crippen LogP contribution in [0.15, 0.2) is 18.2 Å². The van der Waals surface area contributed by atoms with Crippen LogP contribution in [0.1, 0.15) is 18.0 Å². The molecule has 1 aliphatic rings. The Morgan fingerprint density at radius 1 is 1.50 bits per heavy atom. The predicted octanol–water partition coefficient (Wildman–Crippen LogP) is 1.90. The molecule has 0 amide bonds. The molecule has 0 aliphatic carbocycles. The molecule has 0 saturated heterocycles. The average Bonchev–Trinajstić information content (AvgIpc) is 2.18. The van der Waals surface area contributed by atoms with E-state index in [1.54, 1.807) is 7.11 Å². The van der Waals surface area contributed by atoms with Crippen LogP contribution in [0.25, 0.3) is 0 Å². The Balaban J connectivity index is 0.000000980. The average molecular weight is 216 g/mol. The Morgan fingerprint density at radius 3 is 3.00 bits per heavy atom. The summed E-state index contributed by atoms with van der Waals surface area (Å²) in [5.74, 6) is 1.72. The molecule has 0 spiro atoms. The van der Waals surface area contributed by atoms with Crippen LogP contribution < -0.4 is 15.2 Å². The molecule has 0 bridgehead atoms. The van der Waals surface area contributed by atoms with Crippen molar-refractivity contribution in [3.05, 3.63) is 23.8 Å². The molecule has 1 aromatic rings. The van der Waals surface area contributed by atoms with Gasteiger partial charge in [0.05, 0.1) is 13.7 Å². The van der Waals surface area contributed by atoms with Gasteiger partial charge in [-0.1, -0.05) is 0 Å². The van der Waals surface area contributed by atoms with Crippen LogP contribution in [0, 0.1) is 0 Å². The van der Waals surface area contributed by atoms with Crippen molar-refractivity contribution in [3.8, 4) is 11.5 Å². The van der Waals surface area contributed by atoms with Gasteiger partial charge in [0.1, 0.15) is 11.5 Å². The number of benzene rings is 1. The molecule has 0 fully saturated rings. The molecule has 1 aliphatic heterocycles. The molecule has 1 heterocycles. The third kappa shape index (κ3) is 1.94. The summed E-state index contributed by atoms with van der Waals surface area (Å²) < 4.78 is 10.6. The van der Waals surface area contributed by atoms with E-state index in [4.69, 9.17) is 15.2 Å². The maximum absolute atomic E-state index is 5.93. The minimum Gasteiger partial charge on any atom is -0.497 e. The molecule has 78 valence electrons. The normalized spacial score (nSPS) is 18.9. The number of rotatable bonds is 1. The van der Waals surface area contributed by atoms with Crippen molar-refractivity contribution in [3.63, 3.8) is 0 Å². The van der Waals surface area contributed by atoms with Crippen LogP contribution >= 0.6 is 12.4 Å². The minimum atomic E-state index is 0. The molecular formula is C10H14ClNO2. The third-order valence-corrected chi connectivity index (χ3v) is 2.30. The molecule has 0 unspecified atom stereocenters. The lowest BCUT2D eigenvalue weighted by atomic mass is 10.0. The highest BCUT2D eigenvalue weighted by Gasteiger charge is 2.18. The lowest BCUT2D eigenvalue weighted by Crippen LogP contribution is -2.20. The van der Waals surface area contributed by atoms with Gasteiger partial charge in [-0.25, -0.2) is 0 Å². The maximum atomic E-state index is 5.93. The molecule has 2 N–H and O–H groups in total. The number of hydrogen-bond acceptors (Lipinski definition) is 3. The van der Waals surface area contributed by atoms with Gasteiger partial charge in [-0.3, -0.25) is 0 Å². The lowest BCUT2D eigenvalue weighted by Gasteiger charge is -2.23. The highest BCUT2D eigenvalue weighted by Crippen LogP contribution is 2.33. The number of methoxy groups -OCH3 is 1. The topological polar surface area (TPSA) is 44.5 Å². The first-order chi connectivity index (χ1) is 6.31. The Labute approximate surface area is 89.6 Å². The number of halogens is 1. The van der Waals surface area contributed by atoms with Crippen molar-refractivity contribution in [2.45, 2.75) is 12.5 Å². The zero-order chi connectivity index (χ0) is 9.26. The Morgan fingerprint density at radius 2 is 2.29 bits per heavy atom. The molecule has 1 aromatic carbocycles. The Hall–Kier alpha value is -0.930. The largest absolute Gasteiger partial charge is 0.497 e. The van der Waals surface area contributed by atoms with E-state index in [9.17, 15) is 0 Å². The van der Waals surface area contributed by atoms with Gasteiger partial charge in [0.25, 0.3) is 0 Å². The Bertz CT molecular complexity index is 317. The van der Waals surface area contributed by atoms with Crippen molar-refractivity contribution >= 4 is 12.4 Å². The summed E-state index contributed by atoms with van der Waals surface area (Å²) in [4.78, 5) is 0. The molecule has 0 aromatic heterocycles. The van der Waals surface area contributed by atoms with Gasteiger partial charge in [-0.05, 0) is 18.2 Å². The van der Waals surface area contributed by atoms with E-state index < -0.39 is 0 Å². The molecule has 0 radical (unpaired) electrons. The van der Waals surface area contributed by atoms with Gasteiger partial charge in [-0.2, -0.15) is 0 Å². The molecule has 2 rings (SSSR count). The van der Waals surface area contributed by atoms with E-state index in [-0.39, 0.29) is 18.4 Å². The fraction of sp³-hybridized carbons (Fsp3) is 0.400. The fourth-order valence-corrected chi connectivity index (χ4v) is 1.53. The van der Waals surface area contributed by atoms with E-state index in [2.05, 4.69) is 0 Å². The van der Waals surface area contributed by atoms with Crippen LogP contribution in [-0.2, 0) is 0 Å². The van der Waals surface area contributed by atoms with Crippen LogP contribution in [0.4, 0.5) is 0 Å². The molecule has 0 saturated carbocycles. The highest BCUT2D eigenvalue weighted by atomic mass is 35.5. The molecule has 4 heteroatoms. The fourth-order valence-electron chi connectivity index (χ4n) is 1.53. The van der Waals surface area contributed by atoms with Crippen molar-refractivity contribution < 1.29 is 9.47 Å². The van der Waals surface area contributed by atoms with E-state index >= 15 is 0 Å².